The van der Waals surface area contributed by atoms with Crippen molar-refractivity contribution in [3.8, 4) is 0 Å². The highest BCUT2D eigenvalue weighted by molar-refractivity contribution is 9.10. The maximum atomic E-state index is 13.0. The van der Waals surface area contributed by atoms with Gasteiger partial charge in [0.2, 0.25) is 0 Å². The van der Waals surface area contributed by atoms with E-state index in [1.165, 1.54) is 18.2 Å². The van der Waals surface area contributed by atoms with Crippen LogP contribution in [0.4, 0.5) is 4.39 Å². The summed E-state index contributed by atoms with van der Waals surface area (Å²) in [6.45, 7) is 0. The minimum atomic E-state index is -0.814. The molecule has 0 aromatic heterocycles. The van der Waals surface area contributed by atoms with Crippen molar-refractivity contribution in [1.82, 2.24) is 0 Å². The Balaban J connectivity index is 2.36. The summed E-state index contributed by atoms with van der Waals surface area (Å²) in [6.07, 6.45) is -0.814. The zero-order chi connectivity index (χ0) is 12.4. The highest BCUT2D eigenvalue weighted by Crippen LogP contribution is 2.27. The topological polar surface area (TPSA) is 20.2 Å². The number of benzene rings is 2. The molecule has 0 aliphatic heterocycles. The Morgan fingerprint density at radius 1 is 1.12 bits per heavy atom. The molecule has 88 valence electrons. The SMILES string of the molecule is OC(c1cccc(Br)c1)c1ccc(F)c(Cl)c1. The summed E-state index contributed by atoms with van der Waals surface area (Å²) in [5, 5.41) is 10.1. The molecule has 0 aliphatic rings. The lowest BCUT2D eigenvalue weighted by molar-refractivity contribution is 0.220. The van der Waals surface area contributed by atoms with Crippen LogP contribution in [-0.2, 0) is 0 Å². The molecule has 2 rings (SSSR count). The van der Waals surface area contributed by atoms with Crippen LogP contribution in [0.15, 0.2) is 46.9 Å². The molecule has 0 fully saturated rings. The van der Waals surface area contributed by atoms with Crippen molar-refractivity contribution in [2.75, 3.05) is 0 Å². The molecule has 0 bridgehead atoms. The van der Waals surface area contributed by atoms with Gasteiger partial charge in [-0.25, -0.2) is 4.39 Å². The molecule has 0 spiro atoms. The van der Waals surface area contributed by atoms with Crippen LogP contribution in [0.2, 0.25) is 5.02 Å². The summed E-state index contributed by atoms with van der Waals surface area (Å²) < 4.78 is 13.9. The summed E-state index contributed by atoms with van der Waals surface area (Å²) in [4.78, 5) is 0. The van der Waals surface area contributed by atoms with Gasteiger partial charge < -0.3 is 5.11 Å². The molecular weight excluding hydrogens is 306 g/mol. The first-order valence-corrected chi connectivity index (χ1v) is 6.13. The summed E-state index contributed by atoms with van der Waals surface area (Å²) in [7, 11) is 0. The van der Waals surface area contributed by atoms with Crippen molar-refractivity contribution in [1.29, 1.82) is 0 Å². The van der Waals surface area contributed by atoms with Crippen molar-refractivity contribution >= 4 is 27.5 Å². The first-order valence-electron chi connectivity index (χ1n) is 4.96. The van der Waals surface area contributed by atoms with Crippen LogP contribution in [0.25, 0.3) is 0 Å². The van der Waals surface area contributed by atoms with Crippen LogP contribution in [0, 0.1) is 5.82 Å². The Labute approximate surface area is 112 Å². The average Bonchev–Trinajstić information content (AvgIpc) is 2.32. The molecule has 0 aliphatic carbocycles. The molecular formula is C13H9BrClFO. The van der Waals surface area contributed by atoms with Gasteiger partial charge in [-0.1, -0.05) is 45.7 Å². The second-order valence-electron chi connectivity index (χ2n) is 3.63. The molecule has 17 heavy (non-hydrogen) atoms. The van der Waals surface area contributed by atoms with Gasteiger partial charge in [-0.3, -0.25) is 0 Å². The molecule has 1 N–H and O–H groups in total. The largest absolute Gasteiger partial charge is 0.384 e. The number of aliphatic hydroxyl groups excluding tert-OH is 1. The quantitative estimate of drug-likeness (QED) is 0.875. The van der Waals surface area contributed by atoms with E-state index in [4.69, 9.17) is 11.6 Å². The second-order valence-corrected chi connectivity index (χ2v) is 4.95. The van der Waals surface area contributed by atoms with Crippen LogP contribution in [0.1, 0.15) is 17.2 Å². The number of halogens is 3. The Morgan fingerprint density at radius 3 is 2.47 bits per heavy atom. The molecule has 2 aromatic carbocycles. The molecule has 1 nitrogen and oxygen atoms in total. The average molecular weight is 316 g/mol. The predicted molar refractivity (Wildman–Crippen MR) is 69.6 cm³/mol. The molecule has 0 saturated carbocycles. The monoisotopic (exact) mass is 314 g/mol. The van der Waals surface area contributed by atoms with Crippen molar-refractivity contribution in [2.24, 2.45) is 0 Å². The highest BCUT2D eigenvalue weighted by Gasteiger charge is 2.12. The summed E-state index contributed by atoms with van der Waals surface area (Å²) in [5.74, 6) is -0.489. The van der Waals surface area contributed by atoms with Gasteiger partial charge in [-0.2, -0.15) is 0 Å². The minimum Gasteiger partial charge on any atom is -0.384 e. The smallest absolute Gasteiger partial charge is 0.141 e. The van der Waals surface area contributed by atoms with Gasteiger partial charge in [0, 0.05) is 4.47 Å². The van der Waals surface area contributed by atoms with Crippen molar-refractivity contribution in [3.05, 3.63) is 68.9 Å². The second kappa shape index (κ2) is 5.17. The van der Waals surface area contributed by atoms with Gasteiger partial charge in [0.15, 0.2) is 0 Å². The molecule has 4 heteroatoms. The maximum absolute atomic E-state index is 13.0. The van der Waals surface area contributed by atoms with Crippen LogP contribution >= 0.6 is 27.5 Å². The van der Waals surface area contributed by atoms with E-state index in [2.05, 4.69) is 15.9 Å². The third-order valence-corrected chi connectivity index (χ3v) is 3.21. The van der Waals surface area contributed by atoms with Crippen molar-refractivity contribution in [2.45, 2.75) is 6.10 Å². The van der Waals surface area contributed by atoms with E-state index in [1.54, 1.807) is 6.07 Å². The molecule has 1 unspecified atom stereocenters. The van der Waals surface area contributed by atoms with Gasteiger partial charge in [-0.05, 0) is 35.4 Å². The fraction of sp³-hybridized carbons (Fsp3) is 0.0769. The van der Waals surface area contributed by atoms with E-state index in [9.17, 15) is 9.50 Å². The van der Waals surface area contributed by atoms with Crippen LogP contribution in [0.5, 0.6) is 0 Å². The third-order valence-electron chi connectivity index (χ3n) is 2.42. The Bertz CT molecular complexity index is 545. The fourth-order valence-corrected chi connectivity index (χ4v) is 2.16. The van der Waals surface area contributed by atoms with Crippen LogP contribution in [-0.4, -0.2) is 5.11 Å². The minimum absolute atomic E-state index is 0.0107. The first kappa shape index (κ1) is 12.6. The maximum Gasteiger partial charge on any atom is 0.141 e. The van der Waals surface area contributed by atoms with Gasteiger partial charge in [-0.15, -0.1) is 0 Å². The lowest BCUT2D eigenvalue weighted by atomic mass is 10.0. The Kier molecular flexibility index (Phi) is 3.82. The Morgan fingerprint density at radius 2 is 1.82 bits per heavy atom. The zero-order valence-corrected chi connectivity index (χ0v) is 11.0. The van der Waals surface area contributed by atoms with E-state index in [1.807, 2.05) is 18.2 Å². The fourth-order valence-electron chi connectivity index (χ4n) is 1.55. The number of aliphatic hydroxyl groups is 1. The van der Waals surface area contributed by atoms with Gasteiger partial charge in [0.05, 0.1) is 5.02 Å². The highest BCUT2D eigenvalue weighted by atomic mass is 79.9. The van der Waals surface area contributed by atoms with E-state index < -0.39 is 11.9 Å². The van der Waals surface area contributed by atoms with E-state index in [0.29, 0.717) is 5.56 Å². The van der Waals surface area contributed by atoms with Crippen molar-refractivity contribution in [3.63, 3.8) is 0 Å². The molecule has 1 atom stereocenters. The normalized spacial score (nSPS) is 12.5. The van der Waals surface area contributed by atoms with E-state index >= 15 is 0 Å². The lowest BCUT2D eigenvalue weighted by Gasteiger charge is -2.12. The summed E-state index contributed by atoms with van der Waals surface area (Å²) >= 11 is 9.01. The van der Waals surface area contributed by atoms with E-state index in [-0.39, 0.29) is 5.02 Å². The van der Waals surface area contributed by atoms with Crippen molar-refractivity contribution < 1.29 is 9.50 Å². The van der Waals surface area contributed by atoms with Gasteiger partial charge in [0.25, 0.3) is 0 Å². The Hall–Kier alpha value is -0.900. The van der Waals surface area contributed by atoms with E-state index in [0.717, 1.165) is 10.0 Å². The predicted octanol–water partition coefficient (Wildman–Crippen LogP) is 4.32. The zero-order valence-electron chi connectivity index (χ0n) is 8.70. The number of hydrogen-bond acceptors (Lipinski definition) is 1. The molecule has 0 radical (unpaired) electrons. The third kappa shape index (κ3) is 2.86. The summed E-state index contributed by atoms with van der Waals surface area (Å²) in [5.41, 5.74) is 1.29. The molecule has 2 aromatic rings. The number of rotatable bonds is 2. The van der Waals surface area contributed by atoms with Crippen LogP contribution in [0.3, 0.4) is 0 Å². The van der Waals surface area contributed by atoms with Gasteiger partial charge in [0.1, 0.15) is 11.9 Å². The standard InChI is InChI=1S/C13H9BrClFO/c14-10-3-1-2-8(6-10)13(17)9-4-5-12(16)11(15)7-9/h1-7,13,17H. The molecule has 0 saturated heterocycles. The summed E-state index contributed by atoms with van der Waals surface area (Å²) in [6, 6.07) is 11.5. The number of hydrogen-bond donors (Lipinski definition) is 1. The van der Waals surface area contributed by atoms with Crippen LogP contribution < -0.4 is 0 Å². The van der Waals surface area contributed by atoms with Gasteiger partial charge >= 0.3 is 0 Å². The molecule has 0 heterocycles. The molecule has 0 amide bonds. The first-order chi connectivity index (χ1) is 8.08. The lowest BCUT2D eigenvalue weighted by Crippen LogP contribution is -1.99.